The molecule has 95 valence electrons. The number of rotatable bonds is 12. The molecule has 16 heavy (non-hydrogen) atoms. The van der Waals surface area contributed by atoms with E-state index in [2.05, 4.69) is 20.4 Å². The zero-order valence-electron chi connectivity index (χ0n) is 11.4. The van der Waals surface area contributed by atoms with Gasteiger partial charge in [-0.2, -0.15) is 0 Å². The van der Waals surface area contributed by atoms with Crippen molar-refractivity contribution in [3.05, 3.63) is 19.1 Å². The molecule has 0 heteroatoms. The summed E-state index contributed by atoms with van der Waals surface area (Å²) in [5, 5.41) is 0. The van der Waals surface area contributed by atoms with Crippen LogP contribution in [-0.2, 0) is 0 Å². The third kappa shape index (κ3) is 11.8. The van der Waals surface area contributed by atoms with Gasteiger partial charge in [-0.15, -0.1) is 0 Å². The van der Waals surface area contributed by atoms with Gasteiger partial charge in [-0.3, -0.25) is 0 Å². The van der Waals surface area contributed by atoms with E-state index < -0.39 is 0 Å². The van der Waals surface area contributed by atoms with Gasteiger partial charge in [0.05, 0.1) is 0 Å². The van der Waals surface area contributed by atoms with E-state index in [-0.39, 0.29) is 0 Å². The Morgan fingerprint density at radius 1 is 0.750 bits per heavy atom. The summed E-state index contributed by atoms with van der Waals surface area (Å²) in [6, 6.07) is 0. The molecule has 0 aliphatic carbocycles. The molecule has 0 atom stereocenters. The summed E-state index contributed by atoms with van der Waals surface area (Å²) in [6.07, 6.45) is 15.9. The van der Waals surface area contributed by atoms with Crippen molar-refractivity contribution in [3.63, 3.8) is 0 Å². The maximum atomic E-state index is 4.15. The third-order valence-electron chi connectivity index (χ3n) is 3.16. The van der Waals surface area contributed by atoms with Crippen LogP contribution in [-0.4, -0.2) is 0 Å². The van der Waals surface area contributed by atoms with Crippen molar-refractivity contribution in [2.75, 3.05) is 0 Å². The average molecular weight is 223 g/mol. The standard InChI is InChI=1S/C16H31/c1-4-6-8-9-10-11-13-15-16(3)14-12-7-5-2/h2-15H2,1H3. The molecule has 0 unspecified atom stereocenters. The van der Waals surface area contributed by atoms with Gasteiger partial charge in [-0.05, 0) is 25.7 Å². The quantitative estimate of drug-likeness (QED) is 0.278. The van der Waals surface area contributed by atoms with Crippen LogP contribution in [0.4, 0.5) is 0 Å². The Hall–Kier alpha value is -0.260. The SMILES string of the molecule is [CH2]CCCCC(=C)CCCCCCCCC. The fourth-order valence-electron chi connectivity index (χ4n) is 2.01. The lowest BCUT2D eigenvalue weighted by Gasteiger charge is -2.05. The minimum atomic E-state index is 1.07. The summed E-state index contributed by atoms with van der Waals surface area (Å²) >= 11 is 0. The first-order valence-corrected chi connectivity index (χ1v) is 7.27. The Kier molecular flexibility index (Phi) is 12.6. The minimum absolute atomic E-state index is 1.07. The van der Waals surface area contributed by atoms with Gasteiger partial charge in [-0.25, -0.2) is 0 Å². The van der Waals surface area contributed by atoms with Crippen molar-refractivity contribution < 1.29 is 0 Å². The van der Waals surface area contributed by atoms with E-state index in [0.29, 0.717) is 0 Å². The molecule has 0 aliphatic rings. The van der Waals surface area contributed by atoms with Crippen molar-refractivity contribution in [1.29, 1.82) is 0 Å². The first kappa shape index (κ1) is 15.7. The molecule has 1 radical (unpaired) electrons. The topological polar surface area (TPSA) is 0 Å². The van der Waals surface area contributed by atoms with Gasteiger partial charge in [0.15, 0.2) is 0 Å². The lowest BCUT2D eigenvalue weighted by molar-refractivity contribution is 0.583. The van der Waals surface area contributed by atoms with Crippen LogP contribution in [0.2, 0.25) is 0 Å². The molecule has 0 aromatic carbocycles. The van der Waals surface area contributed by atoms with Crippen molar-refractivity contribution in [2.24, 2.45) is 0 Å². The highest BCUT2D eigenvalue weighted by atomic mass is 14.0. The van der Waals surface area contributed by atoms with Crippen molar-refractivity contribution in [1.82, 2.24) is 0 Å². The molecule has 0 spiro atoms. The van der Waals surface area contributed by atoms with E-state index in [9.17, 15) is 0 Å². The Bertz CT molecular complexity index is 146. The first-order valence-electron chi connectivity index (χ1n) is 7.27. The molecule has 0 aliphatic heterocycles. The molecular weight excluding hydrogens is 192 g/mol. The summed E-state index contributed by atoms with van der Waals surface area (Å²) in [6.45, 7) is 10.3. The highest BCUT2D eigenvalue weighted by molar-refractivity contribution is 4.93. The maximum Gasteiger partial charge on any atom is -0.0323 e. The van der Waals surface area contributed by atoms with E-state index in [1.807, 2.05) is 0 Å². The summed E-state index contributed by atoms with van der Waals surface area (Å²) in [4.78, 5) is 0. The zero-order valence-corrected chi connectivity index (χ0v) is 11.4. The number of hydrogen-bond donors (Lipinski definition) is 0. The van der Waals surface area contributed by atoms with Crippen LogP contribution in [0.25, 0.3) is 0 Å². The largest absolute Gasteiger partial charge is 0.0999 e. The van der Waals surface area contributed by atoms with Crippen LogP contribution < -0.4 is 0 Å². The number of allylic oxidation sites excluding steroid dienone is 1. The van der Waals surface area contributed by atoms with Gasteiger partial charge in [0.2, 0.25) is 0 Å². The Morgan fingerprint density at radius 2 is 1.25 bits per heavy atom. The van der Waals surface area contributed by atoms with Crippen LogP contribution in [0.1, 0.15) is 84.0 Å². The summed E-state index contributed by atoms with van der Waals surface area (Å²) in [5.74, 6) is 0. The molecule has 0 N–H and O–H groups in total. The Balaban J connectivity index is 3.09. The highest BCUT2D eigenvalue weighted by Crippen LogP contribution is 2.15. The highest BCUT2D eigenvalue weighted by Gasteiger charge is 1.95. The first-order chi connectivity index (χ1) is 7.81. The molecule has 0 rings (SSSR count). The molecule has 0 fully saturated rings. The van der Waals surface area contributed by atoms with E-state index in [1.54, 1.807) is 0 Å². The molecule has 0 aromatic rings. The van der Waals surface area contributed by atoms with Gasteiger partial charge in [0.25, 0.3) is 0 Å². The van der Waals surface area contributed by atoms with Crippen molar-refractivity contribution >= 4 is 0 Å². The zero-order chi connectivity index (χ0) is 12.1. The van der Waals surface area contributed by atoms with E-state index in [0.717, 1.165) is 6.42 Å². The van der Waals surface area contributed by atoms with E-state index >= 15 is 0 Å². The predicted molar refractivity (Wildman–Crippen MR) is 75.6 cm³/mol. The lowest BCUT2D eigenvalue weighted by atomic mass is 10.0. The molecular formula is C16H31. The van der Waals surface area contributed by atoms with Crippen LogP contribution in [0.15, 0.2) is 12.2 Å². The predicted octanol–water partition coefficient (Wildman–Crippen LogP) is 6.08. The second-order valence-corrected chi connectivity index (χ2v) is 4.93. The van der Waals surface area contributed by atoms with Crippen LogP contribution in [0.3, 0.4) is 0 Å². The fraction of sp³-hybridized carbons (Fsp3) is 0.812. The van der Waals surface area contributed by atoms with E-state index in [1.165, 1.54) is 76.2 Å². The van der Waals surface area contributed by atoms with Crippen LogP contribution in [0.5, 0.6) is 0 Å². The molecule has 0 saturated carbocycles. The summed E-state index contributed by atoms with van der Waals surface area (Å²) < 4.78 is 0. The molecule has 0 saturated heterocycles. The lowest BCUT2D eigenvalue weighted by Crippen LogP contribution is -1.85. The molecule has 0 amide bonds. The number of unbranched alkanes of at least 4 members (excludes halogenated alkanes) is 8. The summed E-state index contributed by atoms with van der Waals surface area (Å²) in [7, 11) is 0. The molecule has 0 bridgehead atoms. The molecule has 0 heterocycles. The third-order valence-corrected chi connectivity index (χ3v) is 3.16. The van der Waals surface area contributed by atoms with Crippen molar-refractivity contribution in [3.8, 4) is 0 Å². The number of hydrogen-bond acceptors (Lipinski definition) is 0. The van der Waals surface area contributed by atoms with Gasteiger partial charge < -0.3 is 0 Å². The molecule has 0 aromatic heterocycles. The van der Waals surface area contributed by atoms with E-state index in [4.69, 9.17) is 0 Å². The average Bonchev–Trinajstić information content (AvgIpc) is 2.28. The normalized spacial score (nSPS) is 10.6. The van der Waals surface area contributed by atoms with Crippen molar-refractivity contribution in [2.45, 2.75) is 84.0 Å². The van der Waals surface area contributed by atoms with Crippen LogP contribution in [0, 0.1) is 6.92 Å². The van der Waals surface area contributed by atoms with Gasteiger partial charge in [0, 0.05) is 0 Å². The Morgan fingerprint density at radius 3 is 1.81 bits per heavy atom. The second kappa shape index (κ2) is 12.8. The smallest absolute Gasteiger partial charge is 0.0323 e. The van der Waals surface area contributed by atoms with Gasteiger partial charge in [0.1, 0.15) is 0 Å². The van der Waals surface area contributed by atoms with Crippen LogP contribution >= 0.6 is 0 Å². The van der Waals surface area contributed by atoms with Gasteiger partial charge in [-0.1, -0.05) is 77.4 Å². The Labute approximate surface area is 104 Å². The second-order valence-electron chi connectivity index (χ2n) is 4.93. The fourth-order valence-corrected chi connectivity index (χ4v) is 2.01. The monoisotopic (exact) mass is 223 g/mol. The molecule has 0 nitrogen and oxygen atoms in total. The summed E-state index contributed by atoms with van der Waals surface area (Å²) in [5.41, 5.74) is 1.46. The maximum absolute atomic E-state index is 4.15. The minimum Gasteiger partial charge on any atom is -0.0999 e. The van der Waals surface area contributed by atoms with Gasteiger partial charge >= 0.3 is 0 Å².